The number of hydrogen-bond acceptors (Lipinski definition) is 2. The Morgan fingerprint density at radius 3 is 2.23 bits per heavy atom. The van der Waals surface area contributed by atoms with E-state index >= 15 is 0 Å². The van der Waals surface area contributed by atoms with Gasteiger partial charge in [0.15, 0.2) is 0 Å². The van der Waals surface area contributed by atoms with Crippen molar-refractivity contribution in [2.75, 3.05) is 0 Å². The van der Waals surface area contributed by atoms with Gasteiger partial charge in [0.05, 0.1) is 6.10 Å². The molecule has 1 saturated heterocycles. The Balaban J connectivity index is 2.13. The Morgan fingerprint density at radius 1 is 1.23 bits per heavy atom. The number of likely N-dealkylation sites (tertiary alicyclic amines) is 1. The highest BCUT2D eigenvalue weighted by Gasteiger charge is 2.53. The summed E-state index contributed by atoms with van der Waals surface area (Å²) in [6.07, 6.45) is 2.16. The fourth-order valence-corrected chi connectivity index (χ4v) is 3.28. The van der Waals surface area contributed by atoms with Gasteiger partial charge in [0, 0.05) is 23.5 Å². The van der Waals surface area contributed by atoms with E-state index in [0.717, 1.165) is 6.42 Å². The summed E-state index contributed by atoms with van der Waals surface area (Å²) in [6.45, 7) is 9.11. The first-order chi connectivity index (χ1) is 5.91. The zero-order chi connectivity index (χ0) is 9.80. The summed E-state index contributed by atoms with van der Waals surface area (Å²) in [7, 11) is 0. The van der Waals surface area contributed by atoms with Crippen molar-refractivity contribution in [2.24, 2.45) is 5.92 Å². The Morgan fingerprint density at radius 2 is 1.85 bits per heavy atom. The highest BCUT2D eigenvalue weighted by molar-refractivity contribution is 5.07. The summed E-state index contributed by atoms with van der Waals surface area (Å²) in [5, 5.41) is 9.59. The average Bonchev–Trinajstić information content (AvgIpc) is 2.22. The molecule has 1 aliphatic heterocycles. The second-order valence-electron chi connectivity index (χ2n) is 5.70. The highest BCUT2D eigenvalue weighted by Crippen LogP contribution is 2.46. The van der Waals surface area contributed by atoms with Crippen LogP contribution >= 0.6 is 0 Å². The van der Waals surface area contributed by atoms with E-state index < -0.39 is 0 Å². The van der Waals surface area contributed by atoms with Gasteiger partial charge in [-0.2, -0.15) is 0 Å². The van der Waals surface area contributed by atoms with Crippen LogP contribution in [0.15, 0.2) is 0 Å². The smallest absolute Gasteiger partial charge is 0.0599 e. The molecule has 13 heavy (non-hydrogen) atoms. The normalized spacial score (nSPS) is 45.9. The van der Waals surface area contributed by atoms with Gasteiger partial charge in [-0.05, 0) is 40.5 Å². The molecule has 0 amide bonds. The van der Waals surface area contributed by atoms with Crippen LogP contribution in [0.4, 0.5) is 0 Å². The standard InChI is InChI=1S/C11H21NO/c1-7-5-8-9(6-10(8)13)12(7)11(2,3)4/h7-10,13H,5-6H2,1-4H3/t7-,8-,9-,10?/m1/s1. The lowest BCUT2D eigenvalue weighted by Gasteiger charge is -2.47. The molecule has 2 nitrogen and oxygen atoms in total. The molecule has 2 fully saturated rings. The van der Waals surface area contributed by atoms with Gasteiger partial charge in [0.2, 0.25) is 0 Å². The molecule has 0 aromatic heterocycles. The topological polar surface area (TPSA) is 23.5 Å². The van der Waals surface area contributed by atoms with E-state index in [2.05, 4.69) is 32.6 Å². The van der Waals surface area contributed by atoms with E-state index in [1.807, 2.05) is 0 Å². The number of aliphatic hydroxyl groups excluding tert-OH is 1. The van der Waals surface area contributed by atoms with Crippen LogP contribution in [0.3, 0.4) is 0 Å². The van der Waals surface area contributed by atoms with Crippen molar-refractivity contribution in [2.45, 2.75) is 64.3 Å². The third kappa shape index (κ3) is 1.31. The molecule has 1 heterocycles. The van der Waals surface area contributed by atoms with E-state index in [9.17, 15) is 5.11 Å². The predicted octanol–water partition coefficient (Wildman–Crippen LogP) is 1.63. The van der Waals surface area contributed by atoms with Crippen LogP contribution in [0.1, 0.15) is 40.5 Å². The number of fused-ring (bicyclic) bond motifs is 1. The molecule has 0 bridgehead atoms. The first-order valence-electron chi connectivity index (χ1n) is 5.38. The van der Waals surface area contributed by atoms with Gasteiger partial charge in [-0.15, -0.1) is 0 Å². The molecule has 0 spiro atoms. The zero-order valence-corrected chi connectivity index (χ0v) is 9.12. The van der Waals surface area contributed by atoms with E-state index in [1.165, 1.54) is 6.42 Å². The molecule has 1 saturated carbocycles. The third-order valence-electron chi connectivity index (χ3n) is 3.69. The van der Waals surface area contributed by atoms with Crippen LogP contribution in [0.2, 0.25) is 0 Å². The van der Waals surface area contributed by atoms with E-state index in [0.29, 0.717) is 18.0 Å². The van der Waals surface area contributed by atoms with Crippen molar-refractivity contribution in [3.05, 3.63) is 0 Å². The van der Waals surface area contributed by atoms with Crippen molar-refractivity contribution >= 4 is 0 Å². The van der Waals surface area contributed by atoms with Crippen molar-refractivity contribution < 1.29 is 5.11 Å². The van der Waals surface area contributed by atoms with Gasteiger partial charge in [-0.25, -0.2) is 0 Å². The first-order valence-corrected chi connectivity index (χ1v) is 5.38. The van der Waals surface area contributed by atoms with Gasteiger partial charge < -0.3 is 5.11 Å². The molecule has 0 aromatic rings. The van der Waals surface area contributed by atoms with Crippen molar-refractivity contribution in [3.8, 4) is 0 Å². The van der Waals surface area contributed by atoms with E-state index in [4.69, 9.17) is 0 Å². The van der Waals surface area contributed by atoms with Crippen molar-refractivity contribution in [1.29, 1.82) is 0 Å². The van der Waals surface area contributed by atoms with E-state index in [1.54, 1.807) is 0 Å². The SMILES string of the molecule is C[C@@H]1C[C@H]2C(O)C[C@H]2N1C(C)(C)C. The van der Waals surface area contributed by atoms with Crippen LogP contribution in [0.5, 0.6) is 0 Å². The molecule has 0 radical (unpaired) electrons. The lowest BCUT2D eigenvalue weighted by molar-refractivity contribution is -0.0492. The molecule has 76 valence electrons. The van der Waals surface area contributed by atoms with Crippen molar-refractivity contribution in [3.63, 3.8) is 0 Å². The molecule has 2 rings (SSSR count). The van der Waals surface area contributed by atoms with Gasteiger partial charge in [0.25, 0.3) is 0 Å². The summed E-state index contributed by atoms with van der Waals surface area (Å²) in [5.41, 5.74) is 0.263. The molecule has 1 unspecified atom stereocenters. The van der Waals surface area contributed by atoms with Gasteiger partial charge in [0.1, 0.15) is 0 Å². The summed E-state index contributed by atoms with van der Waals surface area (Å²) in [4.78, 5) is 2.59. The minimum absolute atomic E-state index is 0.0141. The predicted molar refractivity (Wildman–Crippen MR) is 53.6 cm³/mol. The molecule has 4 atom stereocenters. The quantitative estimate of drug-likeness (QED) is 0.617. The van der Waals surface area contributed by atoms with Crippen LogP contribution in [-0.4, -0.2) is 33.7 Å². The highest BCUT2D eigenvalue weighted by atomic mass is 16.3. The minimum atomic E-state index is -0.0141. The number of hydrogen-bond donors (Lipinski definition) is 1. The van der Waals surface area contributed by atoms with Gasteiger partial charge in [-0.3, -0.25) is 4.90 Å². The number of aliphatic hydroxyl groups is 1. The van der Waals surface area contributed by atoms with Crippen LogP contribution in [0, 0.1) is 5.92 Å². The molecular weight excluding hydrogens is 162 g/mol. The van der Waals surface area contributed by atoms with Gasteiger partial charge >= 0.3 is 0 Å². The molecular formula is C11H21NO. The molecule has 2 aliphatic rings. The summed E-state index contributed by atoms with van der Waals surface area (Å²) < 4.78 is 0. The fourth-order valence-electron chi connectivity index (χ4n) is 3.28. The van der Waals surface area contributed by atoms with Crippen LogP contribution in [-0.2, 0) is 0 Å². The maximum atomic E-state index is 9.59. The molecule has 0 aromatic carbocycles. The van der Waals surface area contributed by atoms with E-state index in [-0.39, 0.29) is 11.6 Å². The second-order valence-corrected chi connectivity index (χ2v) is 5.70. The molecule has 2 heteroatoms. The Kier molecular flexibility index (Phi) is 1.97. The van der Waals surface area contributed by atoms with Crippen LogP contribution < -0.4 is 0 Å². The molecule has 1 aliphatic carbocycles. The lowest BCUT2D eigenvalue weighted by Crippen LogP contribution is -2.56. The average molecular weight is 183 g/mol. The third-order valence-corrected chi connectivity index (χ3v) is 3.69. The minimum Gasteiger partial charge on any atom is -0.393 e. The first kappa shape index (κ1) is 9.47. The fraction of sp³-hybridized carbons (Fsp3) is 1.00. The summed E-state index contributed by atoms with van der Waals surface area (Å²) >= 11 is 0. The summed E-state index contributed by atoms with van der Waals surface area (Å²) in [5.74, 6) is 0.564. The zero-order valence-electron chi connectivity index (χ0n) is 9.12. The molecule has 1 N–H and O–H groups in total. The maximum absolute atomic E-state index is 9.59. The largest absolute Gasteiger partial charge is 0.393 e. The van der Waals surface area contributed by atoms with Crippen molar-refractivity contribution in [1.82, 2.24) is 4.90 Å². The Bertz CT molecular complexity index is 209. The number of rotatable bonds is 0. The van der Waals surface area contributed by atoms with Crippen LogP contribution in [0.25, 0.3) is 0 Å². The Labute approximate surface area is 80.9 Å². The number of nitrogens with zero attached hydrogens (tertiary/aromatic N) is 1. The monoisotopic (exact) mass is 183 g/mol. The van der Waals surface area contributed by atoms with Gasteiger partial charge in [-0.1, -0.05) is 0 Å². The summed E-state index contributed by atoms with van der Waals surface area (Å²) in [6, 6.07) is 1.30. The second kappa shape index (κ2) is 2.71. The maximum Gasteiger partial charge on any atom is 0.0599 e. The Hall–Kier alpha value is -0.0800. The lowest BCUT2D eigenvalue weighted by atomic mass is 9.76.